The molecule has 0 spiro atoms. The Labute approximate surface area is 147 Å². The molecular weight excluding hydrogens is 382 g/mol. The van der Waals surface area contributed by atoms with E-state index in [1.807, 2.05) is 18.2 Å². The van der Waals surface area contributed by atoms with Gasteiger partial charge in [0.25, 0.3) is 0 Å². The van der Waals surface area contributed by atoms with Gasteiger partial charge in [0.2, 0.25) is 0 Å². The van der Waals surface area contributed by atoms with Crippen LogP contribution < -0.4 is 15.4 Å². The summed E-state index contributed by atoms with van der Waals surface area (Å²) >= 11 is 3.32. The quantitative estimate of drug-likeness (QED) is 0.578. The van der Waals surface area contributed by atoms with Crippen LogP contribution in [-0.2, 0) is 13.1 Å². The Bertz CT molecular complexity index is 683. The van der Waals surface area contributed by atoms with Gasteiger partial charge in [0.1, 0.15) is 5.75 Å². The van der Waals surface area contributed by atoms with E-state index in [9.17, 15) is 8.78 Å². The van der Waals surface area contributed by atoms with Crippen molar-refractivity contribution in [1.82, 2.24) is 15.6 Å². The van der Waals surface area contributed by atoms with Gasteiger partial charge in [-0.1, -0.05) is 22.0 Å². The molecule has 2 aromatic rings. The minimum atomic E-state index is -2.87. The molecule has 1 aromatic carbocycles. The molecule has 0 fully saturated rings. The van der Waals surface area contributed by atoms with Crippen LogP contribution in [0.15, 0.2) is 52.1 Å². The van der Waals surface area contributed by atoms with Gasteiger partial charge in [-0.2, -0.15) is 8.78 Å². The summed E-state index contributed by atoms with van der Waals surface area (Å²) in [4.78, 5) is 8.30. The van der Waals surface area contributed by atoms with Gasteiger partial charge >= 0.3 is 6.61 Å². The molecule has 2 N–H and O–H groups in total. The van der Waals surface area contributed by atoms with E-state index in [2.05, 4.69) is 41.3 Å². The average Bonchev–Trinajstić information content (AvgIpc) is 2.58. The molecule has 1 heterocycles. The molecule has 0 atom stereocenters. The second-order valence-electron chi connectivity index (χ2n) is 4.73. The number of ether oxygens (including phenoxy) is 1. The van der Waals surface area contributed by atoms with Crippen LogP contribution in [0.4, 0.5) is 8.78 Å². The van der Waals surface area contributed by atoms with Crippen LogP contribution in [0, 0.1) is 0 Å². The first-order chi connectivity index (χ1) is 11.6. The summed E-state index contributed by atoms with van der Waals surface area (Å²) in [6.07, 6.45) is 1.71. The second-order valence-corrected chi connectivity index (χ2v) is 5.65. The van der Waals surface area contributed by atoms with Gasteiger partial charge in [-0.05, 0) is 30.3 Å². The first-order valence-electron chi connectivity index (χ1n) is 7.16. The predicted octanol–water partition coefficient (Wildman–Crippen LogP) is 3.31. The van der Waals surface area contributed by atoms with Crippen LogP contribution in [-0.4, -0.2) is 24.6 Å². The Morgan fingerprint density at radius 1 is 1.25 bits per heavy atom. The molecule has 24 heavy (non-hydrogen) atoms. The van der Waals surface area contributed by atoms with Gasteiger partial charge < -0.3 is 15.4 Å². The van der Waals surface area contributed by atoms with Gasteiger partial charge in [-0.25, -0.2) is 0 Å². The smallest absolute Gasteiger partial charge is 0.387 e. The van der Waals surface area contributed by atoms with Crippen molar-refractivity contribution in [3.8, 4) is 5.75 Å². The maximum absolute atomic E-state index is 12.5. The molecule has 2 rings (SSSR count). The summed E-state index contributed by atoms with van der Waals surface area (Å²) in [6, 6.07) is 10.5. The van der Waals surface area contributed by atoms with Crippen molar-refractivity contribution in [3.63, 3.8) is 0 Å². The number of hydrogen-bond donors (Lipinski definition) is 2. The molecule has 8 heteroatoms. The van der Waals surface area contributed by atoms with Crippen molar-refractivity contribution in [1.29, 1.82) is 0 Å². The zero-order valence-corrected chi connectivity index (χ0v) is 14.6. The van der Waals surface area contributed by atoms with Crippen LogP contribution >= 0.6 is 15.9 Å². The molecule has 5 nitrogen and oxygen atoms in total. The molecule has 0 bridgehead atoms. The highest BCUT2D eigenvalue weighted by Gasteiger charge is 2.11. The minimum absolute atomic E-state index is 0.126. The van der Waals surface area contributed by atoms with E-state index in [-0.39, 0.29) is 12.3 Å². The number of nitrogens with one attached hydrogen (secondary N) is 2. The van der Waals surface area contributed by atoms with Gasteiger partial charge in [0.15, 0.2) is 5.96 Å². The first-order valence-corrected chi connectivity index (χ1v) is 7.95. The average molecular weight is 399 g/mol. The molecule has 0 unspecified atom stereocenters. The number of nitrogens with zero attached hydrogens (tertiary/aromatic N) is 2. The van der Waals surface area contributed by atoms with E-state index in [4.69, 9.17) is 0 Å². The van der Waals surface area contributed by atoms with Gasteiger partial charge in [0, 0.05) is 29.8 Å². The fourth-order valence-electron chi connectivity index (χ4n) is 1.97. The maximum Gasteiger partial charge on any atom is 0.387 e. The molecule has 0 aliphatic carbocycles. The predicted molar refractivity (Wildman–Crippen MR) is 92.0 cm³/mol. The molecule has 0 aliphatic heterocycles. The summed E-state index contributed by atoms with van der Waals surface area (Å²) < 4.78 is 30.3. The molecule has 0 saturated heterocycles. The number of rotatable bonds is 6. The van der Waals surface area contributed by atoms with Crippen LogP contribution in [0.1, 0.15) is 11.3 Å². The number of guanidine groups is 1. The molecule has 1 aromatic heterocycles. The minimum Gasteiger partial charge on any atom is -0.434 e. The lowest BCUT2D eigenvalue weighted by Gasteiger charge is -2.14. The molecule has 0 amide bonds. The molecule has 0 aliphatic rings. The van der Waals surface area contributed by atoms with Crippen molar-refractivity contribution in [2.75, 3.05) is 7.05 Å². The van der Waals surface area contributed by atoms with E-state index in [0.717, 1.165) is 10.2 Å². The lowest BCUT2D eigenvalue weighted by atomic mass is 10.2. The zero-order valence-electron chi connectivity index (χ0n) is 13.0. The monoisotopic (exact) mass is 398 g/mol. The fraction of sp³-hybridized carbons (Fsp3) is 0.250. The van der Waals surface area contributed by atoms with Gasteiger partial charge in [0.05, 0.1) is 12.2 Å². The maximum atomic E-state index is 12.5. The van der Waals surface area contributed by atoms with Crippen LogP contribution in [0.5, 0.6) is 5.75 Å². The summed E-state index contributed by atoms with van der Waals surface area (Å²) in [6.45, 7) is -2.09. The van der Waals surface area contributed by atoms with Crippen LogP contribution in [0.25, 0.3) is 0 Å². The van der Waals surface area contributed by atoms with Crippen molar-refractivity contribution in [2.24, 2.45) is 4.99 Å². The number of hydrogen-bond acceptors (Lipinski definition) is 3. The van der Waals surface area contributed by atoms with Crippen molar-refractivity contribution < 1.29 is 13.5 Å². The summed E-state index contributed by atoms with van der Waals surface area (Å²) in [5, 5.41) is 6.17. The standard InChI is InChI=1S/C16H17BrF2N4O/c1-20-16(23-10-13-4-2-3-7-21-13)22-9-11-8-12(17)5-6-14(11)24-15(18)19/h2-8,15H,9-10H2,1H3,(H2,20,22,23). The number of benzene rings is 1. The number of alkyl halides is 2. The molecule has 128 valence electrons. The van der Waals surface area contributed by atoms with E-state index in [0.29, 0.717) is 18.1 Å². The van der Waals surface area contributed by atoms with Crippen molar-refractivity contribution >= 4 is 21.9 Å². The molecule has 0 radical (unpaired) electrons. The van der Waals surface area contributed by atoms with Crippen LogP contribution in [0.3, 0.4) is 0 Å². The lowest BCUT2D eigenvalue weighted by molar-refractivity contribution is -0.0504. The summed E-state index contributed by atoms with van der Waals surface area (Å²) in [7, 11) is 1.63. The summed E-state index contributed by atoms with van der Waals surface area (Å²) in [5.74, 6) is 0.657. The van der Waals surface area contributed by atoms with Crippen molar-refractivity contribution in [3.05, 3.63) is 58.3 Å². The molecular formula is C16H17BrF2N4O. The number of aromatic nitrogens is 1. The van der Waals surface area contributed by atoms with E-state index in [1.165, 1.54) is 6.07 Å². The van der Waals surface area contributed by atoms with Gasteiger partial charge in [-0.3, -0.25) is 9.98 Å². The van der Waals surface area contributed by atoms with Crippen LogP contribution in [0.2, 0.25) is 0 Å². The Balaban J connectivity index is 1.96. The fourth-order valence-corrected chi connectivity index (χ4v) is 2.38. The highest BCUT2D eigenvalue weighted by Crippen LogP contribution is 2.24. The third-order valence-electron chi connectivity index (χ3n) is 3.07. The highest BCUT2D eigenvalue weighted by atomic mass is 79.9. The first kappa shape index (κ1) is 18.1. The Kier molecular flexibility index (Phi) is 6.92. The normalized spacial score (nSPS) is 11.5. The third-order valence-corrected chi connectivity index (χ3v) is 3.56. The van der Waals surface area contributed by atoms with E-state index in [1.54, 1.807) is 25.4 Å². The largest absolute Gasteiger partial charge is 0.434 e. The van der Waals surface area contributed by atoms with Gasteiger partial charge in [-0.15, -0.1) is 0 Å². The number of pyridine rings is 1. The van der Waals surface area contributed by atoms with E-state index < -0.39 is 6.61 Å². The Morgan fingerprint density at radius 3 is 2.71 bits per heavy atom. The summed E-state index contributed by atoms with van der Waals surface area (Å²) in [5.41, 5.74) is 1.45. The third kappa shape index (κ3) is 5.77. The Hall–Kier alpha value is -2.22. The zero-order chi connectivity index (χ0) is 17.4. The SMILES string of the molecule is CN=C(NCc1ccccn1)NCc1cc(Br)ccc1OC(F)F. The topological polar surface area (TPSA) is 58.5 Å². The second kappa shape index (κ2) is 9.17. The van der Waals surface area contributed by atoms with E-state index >= 15 is 0 Å². The number of aliphatic imine (C=N–C) groups is 1. The number of halogens is 3. The lowest BCUT2D eigenvalue weighted by Crippen LogP contribution is -2.36. The highest BCUT2D eigenvalue weighted by molar-refractivity contribution is 9.10. The Morgan fingerprint density at radius 2 is 2.04 bits per heavy atom. The molecule has 0 saturated carbocycles. The van der Waals surface area contributed by atoms with Crippen molar-refractivity contribution in [2.45, 2.75) is 19.7 Å².